The minimum Gasteiger partial charge on any atom is -0.354 e. The fourth-order valence-corrected chi connectivity index (χ4v) is 4.61. The van der Waals surface area contributed by atoms with Crippen molar-refractivity contribution in [2.75, 3.05) is 23.7 Å². The Kier molecular flexibility index (Phi) is 9.31. The lowest BCUT2D eigenvalue weighted by Gasteiger charge is -2.32. The van der Waals surface area contributed by atoms with E-state index in [-0.39, 0.29) is 12.5 Å². The van der Waals surface area contributed by atoms with Crippen LogP contribution in [0.15, 0.2) is 42.5 Å². The van der Waals surface area contributed by atoms with Gasteiger partial charge in [0, 0.05) is 18.1 Å². The predicted octanol–water partition coefficient (Wildman–Crippen LogP) is 3.67. The van der Waals surface area contributed by atoms with Crippen LogP contribution < -0.4 is 9.62 Å². The van der Waals surface area contributed by atoms with E-state index < -0.39 is 28.5 Å². The molecule has 0 spiro atoms. The molecule has 0 aliphatic rings. The minimum atomic E-state index is -3.78. The van der Waals surface area contributed by atoms with E-state index in [1.54, 1.807) is 32.0 Å². The molecule has 180 valence electrons. The molecule has 1 unspecified atom stereocenters. The number of benzene rings is 2. The third-order valence-electron chi connectivity index (χ3n) is 5.26. The summed E-state index contributed by atoms with van der Waals surface area (Å²) < 4.78 is 26.3. The van der Waals surface area contributed by atoms with Gasteiger partial charge in [-0.15, -0.1) is 0 Å². The molecular weight excluding hydrogens is 462 g/mol. The summed E-state index contributed by atoms with van der Waals surface area (Å²) >= 11 is 6.03. The van der Waals surface area contributed by atoms with Gasteiger partial charge in [0.15, 0.2) is 0 Å². The molecule has 0 saturated carbocycles. The Morgan fingerprint density at radius 1 is 1.12 bits per heavy atom. The molecule has 2 rings (SSSR count). The number of carbonyl (C=O) groups excluding carboxylic acids is 2. The summed E-state index contributed by atoms with van der Waals surface area (Å²) in [6.07, 6.45) is 1.82. The predicted molar refractivity (Wildman–Crippen MR) is 133 cm³/mol. The van der Waals surface area contributed by atoms with Crippen molar-refractivity contribution in [2.24, 2.45) is 0 Å². The molecule has 0 aliphatic heterocycles. The van der Waals surface area contributed by atoms with Crippen LogP contribution in [-0.4, -0.2) is 50.5 Å². The molecule has 2 amide bonds. The fourth-order valence-electron chi connectivity index (χ4n) is 3.48. The average molecular weight is 494 g/mol. The Labute approximate surface area is 201 Å². The van der Waals surface area contributed by atoms with Crippen molar-refractivity contribution in [2.45, 2.75) is 46.7 Å². The van der Waals surface area contributed by atoms with Gasteiger partial charge in [0.25, 0.3) is 0 Å². The van der Waals surface area contributed by atoms with Crippen molar-refractivity contribution in [1.82, 2.24) is 10.2 Å². The molecule has 0 heterocycles. The smallest absolute Gasteiger partial charge is 0.244 e. The van der Waals surface area contributed by atoms with Gasteiger partial charge in [0.1, 0.15) is 12.6 Å². The molecule has 0 radical (unpaired) electrons. The van der Waals surface area contributed by atoms with Crippen LogP contribution in [0.3, 0.4) is 0 Å². The van der Waals surface area contributed by atoms with E-state index >= 15 is 0 Å². The van der Waals surface area contributed by atoms with Gasteiger partial charge in [-0.25, -0.2) is 8.42 Å². The number of aryl methyl sites for hydroxylation is 2. The second-order valence-corrected chi connectivity index (χ2v) is 10.5. The summed E-state index contributed by atoms with van der Waals surface area (Å²) in [5.41, 5.74) is 2.87. The second kappa shape index (κ2) is 11.5. The highest BCUT2D eigenvalue weighted by molar-refractivity contribution is 7.92. The van der Waals surface area contributed by atoms with E-state index in [9.17, 15) is 18.0 Å². The maximum atomic E-state index is 13.5. The van der Waals surface area contributed by atoms with Crippen LogP contribution in [0.5, 0.6) is 0 Å². The molecule has 7 nitrogen and oxygen atoms in total. The van der Waals surface area contributed by atoms with Crippen LogP contribution in [0.2, 0.25) is 5.02 Å². The molecule has 0 saturated heterocycles. The normalized spacial score (nSPS) is 12.2. The van der Waals surface area contributed by atoms with Crippen LogP contribution in [0.1, 0.15) is 37.0 Å². The van der Waals surface area contributed by atoms with E-state index in [2.05, 4.69) is 5.32 Å². The first kappa shape index (κ1) is 26.7. The van der Waals surface area contributed by atoms with E-state index in [0.717, 1.165) is 28.1 Å². The van der Waals surface area contributed by atoms with Gasteiger partial charge in [0.2, 0.25) is 21.8 Å². The summed E-state index contributed by atoms with van der Waals surface area (Å²) in [5, 5.41) is 3.29. The van der Waals surface area contributed by atoms with Gasteiger partial charge in [-0.1, -0.05) is 48.4 Å². The van der Waals surface area contributed by atoms with Crippen LogP contribution in [0.25, 0.3) is 0 Å². The second-order valence-electron chi connectivity index (χ2n) is 8.18. The first-order valence-electron chi connectivity index (χ1n) is 10.8. The number of nitrogens with one attached hydrogen (secondary N) is 1. The average Bonchev–Trinajstić information content (AvgIpc) is 2.73. The molecule has 1 atom stereocenters. The van der Waals surface area contributed by atoms with Gasteiger partial charge in [0.05, 0.1) is 11.9 Å². The first-order valence-corrected chi connectivity index (χ1v) is 13.0. The van der Waals surface area contributed by atoms with Crippen molar-refractivity contribution in [3.63, 3.8) is 0 Å². The maximum absolute atomic E-state index is 13.5. The number of carbonyl (C=O) groups is 2. The van der Waals surface area contributed by atoms with Gasteiger partial charge < -0.3 is 10.2 Å². The monoisotopic (exact) mass is 493 g/mol. The third-order valence-corrected chi connectivity index (χ3v) is 6.62. The summed E-state index contributed by atoms with van der Waals surface area (Å²) in [6.45, 7) is 7.51. The number of rotatable bonds is 10. The highest BCUT2D eigenvalue weighted by atomic mass is 35.5. The third kappa shape index (κ3) is 7.47. The Balaban J connectivity index is 2.40. The van der Waals surface area contributed by atoms with Crippen molar-refractivity contribution >= 4 is 39.1 Å². The summed E-state index contributed by atoms with van der Waals surface area (Å²) in [6, 6.07) is 11.7. The fraction of sp³-hybridized carbons (Fsp3) is 0.417. The zero-order valence-corrected chi connectivity index (χ0v) is 21.3. The molecule has 0 aromatic heterocycles. The van der Waals surface area contributed by atoms with Gasteiger partial charge in [-0.3, -0.25) is 13.9 Å². The molecule has 1 N–H and O–H groups in total. The van der Waals surface area contributed by atoms with Crippen molar-refractivity contribution < 1.29 is 18.0 Å². The van der Waals surface area contributed by atoms with Crippen LogP contribution >= 0.6 is 11.6 Å². The lowest BCUT2D eigenvalue weighted by atomic mass is 10.1. The summed E-state index contributed by atoms with van der Waals surface area (Å²) in [7, 11) is -3.78. The topological polar surface area (TPSA) is 86.8 Å². The highest BCUT2D eigenvalue weighted by Gasteiger charge is 2.30. The molecule has 2 aromatic carbocycles. The van der Waals surface area contributed by atoms with Gasteiger partial charge >= 0.3 is 0 Å². The van der Waals surface area contributed by atoms with Crippen molar-refractivity contribution in [3.05, 3.63) is 64.2 Å². The molecule has 2 aromatic rings. The Hall–Kier alpha value is -2.58. The highest BCUT2D eigenvalue weighted by Crippen LogP contribution is 2.26. The molecule has 0 bridgehead atoms. The maximum Gasteiger partial charge on any atom is 0.244 e. The Morgan fingerprint density at radius 2 is 1.82 bits per heavy atom. The van der Waals surface area contributed by atoms with Crippen LogP contribution in [-0.2, 0) is 26.2 Å². The number of halogens is 1. The van der Waals surface area contributed by atoms with Gasteiger partial charge in [-0.05, 0) is 56.5 Å². The van der Waals surface area contributed by atoms with Gasteiger partial charge in [-0.2, -0.15) is 0 Å². The van der Waals surface area contributed by atoms with Crippen LogP contribution in [0, 0.1) is 13.8 Å². The first-order chi connectivity index (χ1) is 15.4. The zero-order valence-electron chi connectivity index (χ0n) is 19.8. The SMILES string of the molecule is CCCNC(=O)C(C)N(Cc1cccc(C)c1)C(=O)CN(c1ccc(Cl)cc1C)S(C)(=O)=O. The lowest BCUT2D eigenvalue weighted by Crippen LogP contribution is -2.51. The van der Waals surface area contributed by atoms with E-state index in [4.69, 9.17) is 11.6 Å². The summed E-state index contributed by atoms with van der Waals surface area (Å²) in [5.74, 6) is -0.762. The number of anilines is 1. The van der Waals surface area contributed by atoms with Crippen LogP contribution in [0.4, 0.5) is 5.69 Å². The van der Waals surface area contributed by atoms with E-state index in [0.29, 0.717) is 22.8 Å². The number of amides is 2. The summed E-state index contributed by atoms with van der Waals surface area (Å²) in [4.78, 5) is 27.6. The number of nitrogens with zero attached hydrogens (tertiary/aromatic N) is 2. The minimum absolute atomic E-state index is 0.179. The van der Waals surface area contributed by atoms with Crippen molar-refractivity contribution in [1.29, 1.82) is 0 Å². The quantitative estimate of drug-likeness (QED) is 0.547. The largest absolute Gasteiger partial charge is 0.354 e. The van der Waals surface area contributed by atoms with E-state index in [1.807, 2.05) is 38.1 Å². The Morgan fingerprint density at radius 3 is 2.39 bits per heavy atom. The molecule has 0 fully saturated rings. The molecular formula is C24H32ClN3O4S. The number of hydrogen-bond donors (Lipinski definition) is 1. The zero-order chi connectivity index (χ0) is 24.8. The number of hydrogen-bond acceptors (Lipinski definition) is 4. The van der Waals surface area contributed by atoms with E-state index in [1.165, 1.54) is 4.90 Å². The molecule has 9 heteroatoms. The lowest BCUT2D eigenvalue weighted by molar-refractivity contribution is -0.139. The number of sulfonamides is 1. The standard InChI is InChI=1S/C24H32ClN3O4S/c1-6-12-26-24(30)19(4)27(15-20-9-7-8-17(2)13-20)23(29)16-28(33(5,31)32)22-11-10-21(25)14-18(22)3/h7-11,13-14,19H,6,12,15-16H2,1-5H3,(H,26,30). The Bertz CT molecular complexity index is 1100. The van der Waals surface area contributed by atoms with Crippen molar-refractivity contribution in [3.8, 4) is 0 Å². The molecule has 0 aliphatic carbocycles. The molecule has 33 heavy (non-hydrogen) atoms.